The van der Waals surface area contributed by atoms with Crippen molar-refractivity contribution in [2.24, 2.45) is 4.99 Å². The first-order chi connectivity index (χ1) is 22.4. The molecule has 0 bridgehead atoms. The number of fused-ring (bicyclic) bond motifs is 2. The average molecular weight is 637 g/mol. The molecule has 9 nitrogen and oxygen atoms in total. The van der Waals surface area contributed by atoms with Gasteiger partial charge in [-0.2, -0.15) is 0 Å². The summed E-state index contributed by atoms with van der Waals surface area (Å²) in [5.41, 5.74) is 2.39. The zero-order valence-corrected chi connectivity index (χ0v) is 26.8. The van der Waals surface area contributed by atoms with Gasteiger partial charge in [0.1, 0.15) is 11.8 Å². The van der Waals surface area contributed by atoms with Crippen LogP contribution in [-0.2, 0) is 9.53 Å². The molecule has 0 amide bonds. The van der Waals surface area contributed by atoms with E-state index in [1.54, 1.807) is 36.8 Å². The molecule has 0 aliphatic carbocycles. The molecule has 1 unspecified atom stereocenters. The first-order valence-corrected chi connectivity index (χ1v) is 15.4. The van der Waals surface area contributed by atoms with Gasteiger partial charge in [-0.15, -0.1) is 0 Å². The van der Waals surface area contributed by atoms with E-state index in [0.717, 1.165) is 16.3 Å². The first kappa shape index (κ1) is 30.7. The SMILES string of the molecule is CCOC(=O)C1=C(c2ccccc2)N=c2s/c(=C/c3cc(OC)c(OC)c(OC)c3)c(=O)n2C1c1c(OC)ccc2ccccc12. The third kappa shape index (κ3) is 5.30. The van der Waals surface area contributed by atoms with Crippen LogP contribution in [0, 0.1) is 0 Å². The number of nitrogens with zero attached hydrogens (tertiary/aromatic N) is 2. The monoisotopic (exact) mass is 636 g/mol. The van der Waals surface area contributed by atoms with E-state index in [1.165, 1.54) is 32.7 Å². The second kappa shape index (κ2) is 12.9. The number of benzene rings is 4. The molecule has 0 radical (unpaired) electrons. The average Bonchev–Trinajstić information content (AvgIpc) is 3.40. The van der Waals surface area contributed by atoms with Gasteiger partial charge in [-0.1, -0.05) is 72.0 Å². The zero-order valence-electron chi connectivity index (χ0n) is 26.0. The van der Waals surface area contributed by atoms with Crippen molar-refractivity contribution in [3.63, 3.8) is 0 Å². The second-order valence-corrected chi connectivity index (χ2v) is 11.3. The highest BCUT2D eigenvalue weighted by molar-refractivity contribution is 7.07. The number of ether oxygens (including phenoxy) is 5. The Morgan fingerprint density at radius 2 is 1.54 bits per heavy atom. The molecule has 0 saturated carbocycles. The Labute approximate surface area is 269 Å². The van der Waals surface area contributed by atoms with Crippen molar-refractivity contribution in [1.29, 1.82) is 0 Å². The van der Waals surface area contributed by atoms with Crippen molar-refractivity contribution in [3.8, 4) is 23.0 Å². The smallest absolute Gasteiger partial charge is 0.338 e. The molecular weight excluding hydrogens is 604 g/mol. The Hall–Kier alpha value is -5.35. The minimum Gasteiger partial charge on any atom is -0.496 e. The van der Waals surface area contributed by atoms with Gasteiger partial charge < -0.3 is 23.7 Å². The molecule has 1 aliphatic heterocycles. The molecular formula is C36H32N2O7S. The van der Waals surface area contributed by atoms with E-state index < -0.39 is 12.0 Å². The van der Waals surface area contributed by atoms with Crippen LogP contribution in [0.3, 0.4) is 0 Å². The van der Waals surface area contributed by atoms with Crippen molar-refractivity contribution in [3.05, 3.63) is 121 Å². The van der Waals surface area contributed by atoms with Crippen LogP contribution in [0.4, 0.5) is 0 Å². The molecule has 0 N–H and O–H groups in total. The number of thiazole rings is 1. The summed E-state index contributed by atoms with van der Waals surface area (Å²) < 4.78 is 30.1. The molecule has 6 rings (SSSR count). The summed E-state index contributed by atoms with van der Waals surface area (Å²) in [4.78, 5) is 33.9. The number of methoxy groups -OCH3 is 4. The van der Waals surface area contributed by atoms with Gasteiger partial charge in [0.05, 0.1) is 50.8 Å². The third-order valence-electron chi connectivity index (χ3n) is 7.78. The van der Waals surface area contributed by atoms with Gasteiger partial charge in [0, 0.05) is 11.1 Å². The molecule has 0 spiro atoms. The van der Waals surface area contributed by atoms with Crippen molar-refractivity contribution < 1.29 is 28.5 Å². The van der Waals surface area contributed by atoms with Gasteiger partial charge in [0.15, 0.2) is 16.3 Å². The van der Waals surface area contributed by atoms with E-state index in [4.69, 9.17) is 28.7 Å². The highest BCUT2D eigenvalue weighted by Crippen LogP contribution is 2.42. The van der Waals surface area contributed by atoms with Crippen LogP contribution in [-0.4, -0.2) is 45.6 Å². The van der Waals surface area contributed by atoms with Crippen molar-refractivity contribution in [1.82, 2.24) is 4.57 Å². The summed E-state index contributed by atoms with van der Waals surface area (Å²) in [7, 11) is 6.18. The fraction of sp³-hybridized carbons (Fsp3) is 0.194. The van der Waals surface area contributed by atoms with E-state index in [9.17, 15) is 9.59 Å². The lowest BCUT2D eigenvalue weighted by molar-refractivity contribution is -0.138. The van der Waals surface area contributed by atoms with E-state index in [0.29, 0.717) is 49.2 Å². The maximum atomic E-state index is 14.5. The van der Waals surface area contributed by atoms with Crippen LogP contribution in [0.15, 0.2) is 94.2 Å². The Bertz CT molecular complexity index is 2140. The molecule has 2 heterocycles. The molecule has 10 heteroatoms. The van der Waals surface area contributed by atoms with Gasteiger partial charge in [0.2, 0.25) is 5.75 Å². The summed E-state index contributed by atoms with van der Waals surface area (Å²) in [5.74, 6) is 1.31. The maximum Gasteiger partial charge on any atom is 0.338 e. The Kier molecular flexibility index (Phi) is 8.63. The minimum atomic E-state index is -0.909. The highest BCUT2D eigenvalue weighted by Gasteiger charge is 2.37. The van der Waals surface area contributed by atoms with Crippen molar-refractivity contribution in [2.45, 2.75) is 13.0 Å². The summed E-state index contributed by atoms with van der Waals surface area (Å²) in [6, 6.07) is 23.7. The number of rotatable bonds is 9. The number of aromatic nitrogens is 1. The third-order valence-corrected chi connectivity index (χ3v) is 8.77. The molecule has 0 saturated heterocycles. The normalized spacial score (nSPS) is 14.5. The standard InChI is InChI=1S/C36H32N2O7S/c1-6-45-35(40)30-31(23-13-8-7-9-14-23)37-36-38(32(30)29-24-15-11-10-12-22(24)16-17-25(29)41-2)34(39)28(46-36)20-21-18-26(42-3)33(44-5)27(19-21)43-4/h7-20,32H,6H2,1-5H3/b28-20+. The highest BCUT2D eigenvalue weighted by atomic mass is 32.1. The summed E-state index contributed by atoms with van der Waals surface area (Å²) in [5, 5.41) is 1.77. The van der Waals surface area contributed by atoms with Gasteiger partial charge in [-0.3, -0.25) is 9.36 Å². The van der Waals surface area contributed by atoms with E-state index in [2.05, 4.69) is 0 Å². The largest absolute Gasteiger partial charge is 0.496 e. The fourth-order valence-electron chi connectivity index (χ4n) is 5.79. The maximum absolute atomic E-state index is 14.5. The van der Waals surface area contributed by atoms with Crippen LogP contribution in [0.1, 0.15) is 29.7 Å². The Morgan fingerprint density at radius 1 is 0.870 bits per heavy atom. The van der Waals surface area contributed by atoms with Crippen LogP contribution < -0.4 is 33.8 Å². The molecule has 234 valence electrons. The van der Waals surface area contributed by atoms with Gasteiger partial charge >= 0.3 is 5.97 Å². The second-order valence-electron chi connectivity index (χ2n) is 10.3. The zero-order chi connectivity index (χ0) is 32.4. The first-order valence-electron chi connectivity index (χ1n) is 14.6. The topological polar surface area (TPSA) is 97.6 Å². The van der Waals surface area contributed by atoms with E-state index in [-0.39, 0.29) is 17.7 Å². The number of hydrogen-bond donors (Lipinski definition) is 0. The summed E-state index contributed by atoms with van der Waals surface area (Å²) in [6.07, 6.45) is 1.75. The lowest BCUT2D eigenvalue weighted by atomic mass is 9.89. The van der Waals surface area contributed by atoms with E-state index in [1.807, 2.05) is 66.7 Å². The van der Waals surface area contributed by atoms with Crippen LogP contribution in [0.25, 0.3) is 22.5 Å². The fourth-order valence-corrected chi connectivity index (χ4v) is 6.79. The molecule has 1 aromatic heterocycles. The molecule has 1 aliphatic rings. The Morgan fingerprint density at radius 3 is 2.20 bits per heavy atom. The lowest BCUT2D eigenvalue weighted by Crippen LogP contribution is -2.40. The van der Waals surface area contributed by atoms with Crippen molar-refractivity contribution >= 4 is 39.9 Å². The predicted molar refractivity (Wildman–Crippen MR) is 178 cm³/mol. The number of hydrogen-bond acceptors (Lipinski definition) is 9. The van der Waals surface area contributed by atoms with Gasteiger partial charge in [-0.25, -0.2) is 9.79 Å². The molecule has 5 aromatic rings. The van der Waals surface area contributed by atoms with Crippen LogP contribution in [0.2, 0.25) is 0 Å². The summed E-state index contributed by atoms with van der Waals surface area (Å²) in [6.45, 7) is 1.90. The number of carbonyl (C=O) groups excluding carboxylic acids is 1. The van der Waals surface area contributed by atoms with Crippen LogP contribution in [0.5, 0.6) is 23.0 Å². The van der Waals surface area contributed by atoms with Crippen molar-refractivity contribution in [2.75, 3.05) is 35.0 Å². The molecule has 46 heavy (non-hydrogen) atoms. The Balaban J connectivity index is 1.72. The van der Waals surface area contributed by atoms with Gasteiger partial charge in [-0.05, 0) is 47.5 Å². The lowest BCUT2D eigenvalue weighted by Gasteiger charge is -2.28. The predicted octanol–water partition coefficient (Wildman–Crippen LogP) is 5.12. The molecule has 0 fully saturated rings. The minimum absolute atomic E-state index is 0.148. The number of carbonyl (C=O) groups is 1. The quantitative estimate of drug-likeness (QED) is 0.207. The van der Waals surface area contributed by atoms with E-state index >= 15 is 0 Å². The van der Waals surface area contributed by atoms with Crippen LogP contribution >= 0.6 is 11.3 Å². The van der Waals surface area contributed by atoms with Gasteiger partial charge in [0.25, 0.3) is 5.56 Å². The molecule has 1 atom stereocenters. The molecule has 4 aromatic carbocycles. The summed E-state index contributed by atoms with van der Waals surface area (Å²) >= 11 is 1.22. The number of esters is 1.